The van der Waals surface area contributed by atoms with E-state index in [9.17, 15) is 4.79 Å². The summed E-state index contributed by atoms with van der Waals surface area (Å²) in [6.45, 7) is 4.44. The number of nitrogens with zero attached hydrogens (tertiary/aromatic N) is 2. The molecule has 3 atom stereocenters. The topological polar surface area (TPSA) is 64.1 Å². The fraction of sp³-hybridized carbons (Fsp3) is 0.500. The third-order valence-electron chi connectivity index (χ3n) is 4.95. The van der Waals surface area contributed by atoms with Crippen LogP contribution in [-0.2, 0) is 4.79 Å². The number of aromatic nitrogens is 2. The molecule has 0 spiro atoms. The average Bonchev–Trinajstić information content (AvgIpc) is 2.57. The van der Waals surface area contributed by atoms with E-state index in [1.807, 2.05) is 18.2 Å². The first-order valence-electron chi connectivity index (χ1n) is 8.37. The molecule has 1 aromatic heterocycles. The van der Waals surface area contributed by atoms with Crippen LogP contribution >= 0.6 is 15.9 Å². The predicted molar refractivity (Wildman–Crippen MR) is 96.8 cm³/mol. The zero-order valence-corrected chi connectivity index (χ0v) is 15.5. The standard InChI is InChI=1S/C18H22BrN3O2/c1-11-4-3-5-15(12(11)2)22-17(23)9-24-18-14-8-13(19)6-7-16(14)20-10-21-18/h6-8,10-12,15H,3-5,9H2,1-2H3,(H,22,23)/t11-,12-,15-/m1/s1. The van der Waals surface area contributed by atoms with Gasteiger partial charge in [0, 0.05) is 10.5 Å². The molecule has 1 heterocycles. The lowest BCUT2D eigenvalue weighted by Gasteiger charge is -2.34. The molecule has 1 saturated carbocycles. The summed E-state index contributed by atoms with van der Waals surface area (Å²) < 4.78 is 6.58. The Hall–Kier alpha value is -1.69. The molecule has 1 amide bonds. The van der Waals surface area contributed by atoms with Gasteiger partial charge in [0.2, 0.25) is 5.88 Å². The number of rotatable bonds is 4. The smallest absolute Gasteiger partial charge is 0.258 e. The van der Waals surface area contributed by atoms with E-state index in [0.717, 1.165) is 21.8 Å². The monoisotopic (exact) mass is 391 g/mol. The van der Waals surface area contributed by atoms with Crippen LogP contribution in [0.5, 0.6) is 5.88 Å². The molecule has 0 saturated heterocycles. The van der Waals surface area contributed by atoms with E-state index >= 15 is 0 Å². The van der Waals surface area contributed by atoms with Gasteiger partial charge in [0.1, 0.15) is 6.33 Å². The van der Waals surface area contributed by atoms with Crippen molar-refractivity contribution in [3.05, 3.63) is 29.0 Å². The predicted octanol–water partition coefficient (Wildman–Crippen LogP) is 3.71. The summed E-state index contributed by atoms with van der Waals surface area (Å²) in [7, 11) is 0. The maximum absolute atomic E-state index is 12.3. The number of nitrogens with one attached hydrogen (secondary N) is 1. The Labute approximate surface area is 150 Å². The minimum Gasteiger partial charge on any atom is -0.467 e. The number of carbonyl (C=O) groups excluding carboxylic acids is 1. The molecule has 0 bridgehead atoms. The van der Waals surface area contributed by atoms with Crippen LogP contribution in [0.15, 0.2) is 29.0 Å². The van der Waals surface area contributed by atoms with Crippen LogP contribution in [0.2, 0.25) is 0 Å². The Morgan fingerprint density at radius 2 is 2.17 bits per heavy atom. The van der Waals surface area contributed by atoms with Gasteiger partial charge in [-0.15, -0.1) is 0 Å². The second kappa shape index (κ2) is 7.47. The number of fused-ring (bicyclic) bond motifs is 1. The number of hydrogen-bond donors (Lipinski definition) is 1. The molecule has 6 heteroatoms. The molecule has 0 unspecified atom stereocenters. The fourth-order valence-electron chi connectivity index (χ4n) is 3.29. The average molecular weight is 392 g/mol. The summed E-state index contributed by atoms with van der Waals surface area (Å²) in [5.74, 6) is 1.48. The molecule has 0 radical (unpaired) electrons. The van der Waals surface area contributed by atoms with E-state index < -0.39 is 0 Å². The number of ether oxygens (including phenoxy) is 1. The maximum Gasteiger partial charge on any atom is 0.258 e. The Morgan fingerprint density at radius 1 is 1.33 bits per heavy atom. The third-order valence-corrected chi connectivity index (χ3v) is 5.45. The van der Waals surface area contributed by atoms with E-state index in [0.29, 0.717) is 17.7 Å². The van der Waals surface area contributed by atoms with Crippen molar-refractivity contribution in [1.82, 2.24) is 15.3 Å². The van der Waals surface area contributed by atoms with Crippen molar-refractivity contribution in [1.29, 1.82) is 0 Å². The molecular weight excluding hydrogens is 370 g/mol. The van der Waals surface area contributed by atoms with Crippen LogP contribution in [0.1, 0.15) is 33.1 Å². The molecule has 1 aliphatic rings. The molecule has 1 fully saturated rings. The lowest BCUT2D eigenvalue weighted by Crippen LogP contribution is -2.45. The third kappa shape index (κ3) is 3.86. The number of hydrogen-bond acceptors (Lipinski definition) is 4. The number of halogens is 1. The van der Waals surface area contributed by atoms with Gasteiger partial charge in [0.05, 0.1) is 10.9 Å². The first kappa shape index (κ1) is 17.1. The van der Waals surface area contributed by atoms with Crippen LogP contribution in [0, 0.1) is 11.8 Å². The molecule has 5 nitrogen and oxygen atoms in total. The van der Waals surface area contributed by atoms with Crippen molar-refractivity contribution >= 4 is 32.7 Å². The van der Waals surface area contributed by atoms with Gasteiger partial charge in [-0.1, -0.05) is 42.6 Å². The summed E-state index contributed by atoms with van der Waals surface area (Å²) in [5, 5.41) is 3.90. The minimum absolute atomic E-state index is 0.0315. The Balaban J connectivity index is 1.63. The zero-order valence-electron chi connectivity index (χ0n) is 14.0. The Kier molecular flexibility index (Phi) is 5.33. The second-order valence-electron chi connectivity index (χ2n) is 6.57. The van der Waals surface area contributed by atoms with Gasteiger partial charge in [-0.05, 0) is 36.5 Å². The molecule has 1 aliphatic carbocycles. The van der Waals surface area contributed by atoms with Crippen molar-refractivity contribution in [2.75, 3.05) is 6.61 Å². The van der Waals surface area contributed by atoms with Crippen molar-refractivity contribution in [2.45, 2.75) is 39.2 Å². The van der Waals surface area contributed by atoms with Crippen molar-refractivity contribution < 1.29 is 9.53 Å². The van der Waals surface area contributed by atoms with Crippen molar-refractivity contribution in [3.8, 4) is 5.88 Å². The molecule has 2 aromatic rings. The number of amides is 1. The summed E-state index contributed by atoms with van der Waals surface area (Å²) in [6, 6.07) is 5.94. The maximum atomic E-state index is 12.3. The van der Waals surface area contributed by atoms with E-state index in [4.69, 9.17) is 4.74 Å². The van der Waals surface area contributed by atoms with E-state index in [1.54, 1.807) is 0 Å². The lowest BCUT2D eigenvalue weighted by atomic mass is 9.78. The minimum atomic E-state index is -0.0947. The van der Waals surface area contributed by atoms with Gasteiger partial charge in [0.25, 0.3) is 5.91 Å². The highest BCUT2D eigenvalue weighted by Gasteiger charge is 2.28. The van der Waals surface area contributed by atoms with Crippen LogP contribution in [0.4, 0.5) is 0 Å². The quantitative estimate of drug-likeness (QED) is 0.862. The first-order valence-corrected chi connectivity index (χ1v) is 9.16. The van der Waals surface area contributed by atoms with E-state index in [-0.39, 0.29) is 18.6 Å². The Bertz CT molecular complexity index is 737. The highest BCUT2D eigenvalue weighted by molar-refractivity contribution is 9.10. The normalized spacial score (nSPS) is 23.9. The molecular formula is C18H22BrN3O2. The van der Waals surface area contributed by atoms with Crippen LogP contribution in [0.3, 0.4) is 0 Å². The first-order chi connectivity index (χ1) is 11.5. The van der Waals surface area contributed by atoms with Gasteiger partial charge in [-0.3, -0.25) is 4.79 Å². The van der Waals surface area contributed by atoms with Crippen molar-refractivity contribution in [3.63, 3.8) is 0 Å². The van der Waals surface area contributed by atoms with Crippen molar-refractivity contribution in [2.24, 2.45) is 11.8 Å². The number of carbonyl (C=O) groups is 1. The Morgan fingerprint density at radius 3 is 3.00 bits per heavy atom. The van der Waals surface area contributed by atoms with Crippen LogP contribution < -0.4 is 10.1 Å². The van der Waals surface area contributed by atoms with Gasteiger partial charge in [-0.2, -0.15) is 0 Å². The SMILES string of the molecule is C[C@@H]1[C@H](C)CCC[C@H]1NC(=O)COc1ncnc2ccc(Br)cc12. The molecule has 3 rings (SSSR count). The van der Waals surface area contributed by atoms with E-state index in [1.165, 1.54) is 19.2 Å². The summed E-state index contributed by atoms with van der Waals surface area (Å²) in [6.07, 6.45) is 4.91. The second-order valence-corrected chi connectivity index (χ2v) is 7.49. The highest BCUT2D eigenvalue weighted by atomic mass is 79.9. The zero-order chi connectivity index (χ0) is 17.1. The molecule has 24 heavy (non-hydrogen) atoms. The van der Waals surface area contributed by atoms with Crippen LogP contribution in [-0.4, -0.2) is 28.5 Å². The van der Waals surface area contributed by atoms with Gasteiger partial charge in [0.15, 0.2) is 6.61 Å². The largest absolute Gasteiger partial charge is 0.467 e. The van der Waals surface area contributed by atoms with Gasteiger partial charge >= 0.3 is 0 Å². The number of benzene rings is 1. The van der Waals surface area contributed by atoms with Crippen LogP contribution in [0.25, 0.3) is 10.9 Å². The molecule has 1 N–H and O–H groups in total. The fourth-order valence-corrected chi connectivity index (χ4v) is 3.65. The lowest BCUT2D eigenvalue weighted by molar-refractivity contribution is -0.124. The van der Waals surface area contributed by atoms with E-state index in [2.05, 4.69) is 45.1 Å². The molecule has 128 valence electrons. The van der Waals surface area contributed by atoms with Gasteiger partial charge in [-0.25, -0.2) is 9.97 Å². The summed E-state index contributed by atoms with van der Waals surface area (Å²) >= 11 is 3.43. The highest BCUT2D eigenvalue weighted by Crippen LogP contribution is 2.29. The summed E-state index contributed by atoms with van der Waals surface area (Å²) in [5.41, 5.74) is 0.790. The summed E-state index contributed by atoms with van der Waals surface area (Å²) in [4.78, 5) is 20.6. The van der Waals surface area contributed by atoms with Gasteiger partial charge < -0.3 is 10.1 Å². The molecule has 1 aromatic carbocycles. The molecule has 0 aliphatic heterocycles.